The number of fused-ring (bicyclic) bond motifs is 3. The number of benzene rings is 1. The Morgan fingerprint density at radius 1 is 1.09 bits per heavy atom. The Balaban J connectivity index is 1.92. The van der Waals surface area contributed by atoms with Crippen molar-refractivity contribution >= 4 is 28.5 Å². The van der Waals surface area contributed by atoms with E-state index < -0.39 is 11.3 Å². The first-order valence-corrected chi connectivity index (χ1v) is 7.50. The van der Waals surface area contributed by atoms with Crippen LogP contribution in [0.1, 0.15) is 35.3 Å². The summed E-state index contributed by atoms with van der Waals surface area (Å²) in [6.45, 7) is 0. The molecule has 1 aliphatic heterocycles. The third-order valence-corrected chi connectivity index (χ3v) is 5.14. The van der Waals surface area contributed by atoms with E-state index in [-0.39, 0.29) is 18.1 Å². The van der Waals surface area contributed by atoms with E-state index in [0.29, 0.717) is 24.8 Å². The Bertz CT molecular complexity index is 849. The minimum atomic E-state index is -1.06. The molecule has 1 spiro atoms. The lowest BCUT2D eigenvalue weighted by Crippen LogP contribution is -2.54. The molecule has 2 aliphatic rings. The number of nitrogens with zero attached hydrogens (tertiary/aromatic N) is 1. The molecule has 1 atom stereocenters. The molecule has 0 radical (unpaired) electrons. The van der Waals surface area contributed by atoms with E-state index in [0.717, 1.165) is 16.6 Å². The van der Waals surface area contributed by atoms with Crippen LogP contribution in [0.5, 0.6) is 0 Å². The summed E-state index contributed by atoms with van der Waals surface area (Å²) >= 11 is 0. The fourth-order valence-corrected chi connectivity index (χ4v) is 3.88. The van der Waals surface area contributed by atoms with Crippen molar-refractivity contribution in [2.24, 2.45) is 12.5 Å². The number of piperidine rings is 1. The molecule has 1 unspecified atom stereocenters. The number of Topliss-reactive ketones (excluding diaryl/α,β-unsaturated/α-hetero) is 1. The van der Waals surface area contributed by atoms with Crippen LogP contribution in [0, 0.1) is 5.41 Å². The summed E-state index contributed by atoms with van der Waals surface area (Å²) in [5.41, 5.74) is 1.59. The van der Waals surface area contributed by atoms with E-state index in [1.807, 2.05) is 35.9 Å². The van der Waals surface area contributed by atoms with Gasteiger partial charge in [0.05, 0.1) is 0 Å². The summed E-state index contributed by atoms with van der Waals surface area (Å²) < 4.78 is 2.04. The quantitative estimate of drug-likeness (QED) is 0.594. The number of carbonyl (C=O) groups excluding carboxylic acids is 3. The van der Waals surface area contributed by atoms with E-state index >= 15 is 0 Å². The third-order valence-electron chi connectivity index (χ3n) is 5.14. The molecule has 1 N–H and O–H groups in total. The van der Waals surface area contributed by atoms with E-state index in [1.165, 1.54) is 0 Å². The van der Waals surface area contributed by atoms with Gasteiger partial charge in [0, 0.05) is 35.6 Å². The van der Waals surface area contributed by atoms with Crippen molar-refractivity contribution in [2.45, 2.75) is 25.7 Å². The van der Waals surface area contributed by atoms with E-state index in [2.05, 4.69) is 5.32 Å². The van der Waals surface area contributed by atoms with Crippen LogP contribution in [0.4, 0.5) is 0 Å². The van der Waals surface area contributed by atoms with E-state index in [1.54, 1.807) is 0 Å². The van der Waals surface area contributed by atoms with Crippen molar-refractivity contribution in [1.29, 1.82) is 0 Å². The standard InChI is InChI=1S/C17H16N2O3/c1-19-11-5-3-2-4-10(11)14-12(19)6-8-17(15(14)21)9-7-13(20)18-16(17)22/h2-5H,6-9H2,1H3,(H,18,20,22). The Morgan fingerprint density at radius 3 is 2.59 bits per heavy atom. The van der Waals surface area contributed by atoms with Crippen LogP contribution in [0.25, 0.3) is 10.9 Å². The highest BCUT2D eigenvalue weighted by Crippen LogP contribution is 2.44. The minimum Gasteiger partial charge on any atom is -0.347 e. The second-order valence-corrected chi connectivity index (χ2v) is 6.19. The van der Waals surface area contributed by atoms with Gasteiger partial charge in [-0.25, -0.2) is 0 Å². The maximum Gasteiger partial charge on any atom is 0.240 e. The molecule has 5 nitrogen and oxygen atoms in total. The number of aryl methyl sites for hydroxylation is 1. The minimum absolute atomic E-state index is 0.129. The normalized spacial score (nSPS) is 24.7. The van der Waals surface area contributed by atoms with Gasteiger partial charge in [-0.2, -0.15) is 0 Å². The molecule has 22 heavy (non-hydrogen) atoms. The highest BCUT2D eigenvalue weighted by Gasteiger charge is 2.52. The summed E-state index contributed by atoms with van der Waals surface area (Å²) in [5.74, 6) is -0.838. The van der Waals surface area contributed by atoms with Gasteiger partial charge in [0.25, 0.3) is 0 Å². The molecule has 4 rings (SSSR count). The van der Waals surface area contributed by atoms with Gasteiger partial charge in [0.2, 0.25) is 11.8 Å². The lowest BCUT2D eigenvalue weighted by molar-refractivity contribution is -0.139. The first-order valence-electron chi connectivity index (χ1n) is 7.50. The number of rotatable bonds is 0. The highest BCUT2D eigenvalue weighted by atomic mass is 16.2. The van der Waals surface area contributed by atoms with E-state index in [4.69, 9.17) is 0 Å². The van der Waals surface area contributed by atoms with Crippen LogP contribution in [-0.4, -0.2) is 22.2 Å². The number of hydrogen-bond acceptors (Lipinski definition) is 3. The van der Waals surface area contributed by atoms with Gasteiger partial charge >= 0.3 is 0 Å². The molecule has 0 saturated carbocycles. The Kier molecular flexibility index (Phi) is 2.58. The fourth-order valence-electron chi connectivity index (χ4n) is 3.88. The summed E-state index contributed by atoms with van der Waals surface area (Å²) in [6, 6.07) is 7.76. The van der Waals surface area contributed by atoms with Gasteiger partial charge in [-0.15, -0.1) is 0 Å². The second kappa shape index (κ2) is 4.29. The molecule has 1 fully saturated rings. The van der Waals surface area contributed by atoms with Gasteiger partial charge in [-0.05, 0) is 25.3 Å². The first kappa shape index (κ1) is 13.2. The monoisotopic (exact) mass is 296 g/mol. The van der Waals surface area contributed by atoms with Gasteiger partial charge in [0.1, 0.15) is 5.41 Å². The number of para-hydroxylation sites is 1. The molecule has 1 aliphatic carbocycles. The lowest BCUT2D eigenvalue weighted by Gasteiger charge is -2.36. The van der Waals surface area contributed by atoms with Crippen molar-refractivity contribution in [3.8, 4) is 0 Å². The molecule has 2 aromatic rings. The SMILES string of the molecule is Cn1c2c(c3ccccc31)C(=O)C1(CCC(=O)NC1=O)CC2. The van der Waals surface area contributed by atoms with Crippen LogP contribution >= 0.6 is 0 Å². The second-order valence-electron chi connectivity index (χ2n) is 6.19. The van der Waals surface area contributed by atoms with Gasteiger partial charge in [-0.1, -0.05) is 18.2 Å². The molecular weight excluding hydrogens is 280 g/mol. The maximum atomic E-state index is 13.2. The summed E-state index contributed by atoms with van der Waals surface area (Å²) in [7, 11) is 1.96. The van der Waals surface area contributed by atoms with Crippen molar-refractivity contribution in [3.63, 3.8) is 0 Å². The summed E-state index contributed by atoms with van der Waals surface area (Å²) in [4.78, 5) is 37.0. The smallest absolute Gasteiger partial charge is 0.240 e. The van der Waals surface area contributed by atoms with Gasteiger partial charge in [0.15, 0.2) is 5.78 Å². The van der Waals surface area contributed by atoms with Crippen molar-refractivity contribution in [3.05, 3.63) is 35.5 Å². The Labute approximate surface area is 127 Å². The molecule has 1 saturated heterocycles. The number of aromatic nitrogens is 1. The number of hydrogen-bond donors (Lipinski definition) is 1. The lowest BCUT2D eigenvalue weighted by atomic mass is 9.67. The maximum absolute atomic E-state index is 13.2. The predicted octanol–water partition coefficient (Wildman–Crippen LogP) is 1.73. The number of nitrogens with one attached hydrogen (secondary N) is 1. The molecule has 1 aromatic carbocycles. The zero-order valence-corrected chi connectivity index (χ0v) is 12.3. The van der Waals surface area contributed by atoms with Crippen LogP contribution in [0.2, 0.25) is 0 Å². The van der Waals surface area contributed by atoms with Crippen LogP contribution < -0.4 is 5.32 Å². The number of imide groups is 1. The zero-order valence-electron chi connectivity index (χ0n) is 12.3. The zero-order chi connectivity index (χ0) is 15.5. The third kappa shape index (κ3) is 1.51. The predicted molar refractivity (Wildman–Crippen MR) is 80.4 cm³/mol. The van der Waals surface area contributed by atoms with E-state index in [9.17, 15) is 14.4 Å². The van der Waals surface area contributed by atoms with Crippen molar-refractivity contribution in [2.75, 3.05) is 0 Å². The number of ketones is 1. The topological polar surface area (TPSA) is 68.2 Å². The number of carbonyl (C=O) groups is 3. The van der Waals surface area contributed by atoms with Gasteiger partial charge in [-0.3, -0.25) is 19.7 Å². The largest absolute Gasteiger partial charge is 0.347 e. The molecule has 2 amide bonds. The highest BCUT2D eigenvalue weighted by molar-refractivity contribution is 6.23. The molecule has 0 bridgehead atoms. The van der Waals surface area contributed by atoms with Crippen molar-refractivity contribution < 1.29 is 14.4 Å². The van der Waals surface area contributed by atoms with Crippen LogP contribution in [0.3, 0.4) is 0 Å². The molecule has 2 heterocycles. The number of amides is 2. The molecule has 1 aromatic heterocycles. The molecule has 112 valence electrons. The van der Waals surface area contributed by atoms with Crippen LogP contribution in [-0.2, 0) is 23.1 Å². The Morgan fingerprint density at radius 2 is 1.82 bits per heavy atom. The molecular formula is C17H16N2O3. The average molecular weight is 296 g/mol. The Hall–Kier alpha value is -2.43. The molecule has 5 heteroatoms. The first-order chi connectivity index (χ1) is 10.5. The summed E-state index contributed by atoms with van der Waals surface area (Å²) in [5, 5.41) is 3.25. The average Bonchev–Trinajstić information content (AvgIpc) is 2.80. The summed E-state index contributed by atoms with van der Waals surface area (Å²) in [6.07, 6.45) is 1.70. The van der Waals surface area contributed by atoms with Gasteiger partial charge < -0.3 is 4.57 Å². The van der Waals surface area contributed by atoms with Crippen molar-refractivity contribution in [1.82, 2.24) is 9.88 Å². The van der Waals surface area contributed by atoms with Crippen LogP contribution in [0.15, 0.2) is 24.3 Å². The fraction of sp³-hybridized carbons (Fsp3) is 0.353.